The van der Waals surface area contributed by atoms with Crippen LogP contribution in [0.4, 0.5) is 0 Å². The van der Waals surface area contributed by atoms with E-state index in [0.29, 0.717) is 22.7 Å². The molecular formula is C14H11ClN4O2. The first kappa shape index (κ1) is 12.5. The summed E-state index contributed by atoms with van der Waals surface area (Å²) in [7, 11) is 1.48. The number of halogens is 1. The van der Waals surface area contributed by atoms with Crippen molar-refractivity contribution in [3.05, 3.63) is 40.4 Å². The molecule has 1 aromatic heterocycles. The van der Waals surface area contributed by atoms with Crippen LogP contribution in [0, 0.1) is 0 Å². The molecule has 2 aromatic rings. The van der Waals surface area contributed by atoms with Gasteiger partial charge in [0.1, 0.15) is 5.82 Å². The van der Waals surface area contributed by atoms with Gasteiger partial charge in [-0.15, -0.1) is 10.2 Å². The fourth-order valence-electron chi connectivity index (χ4n) is 2.61. The molecule has 2 heterocycles. The van der Waals surface area contributed by atoms with E-state index in [2.05, 4.69) is 10.2 Å². The van der Waals surface area contributed by atoms with Gasteiger partial charge in [0.05, 0.1) is 16.8 Å². The molecule has 0 bridgehead atoms. The average Bonchev–Trinajstić information content (AvgIpc) is 3.23. The summed E-state index contributed by atoms with van der Waals surface area (Å²) in [6, 6.07) is 5.10. The maximum atomic E-state index is 12.1. The number of benzene rings is 1. The Morgan fingerprint density at radius 1 is 1.14 bits per heavy atom. The lowest BCUT2D eigenvalue weighted by Gasteiger charge is -2.08. The molecule has 4 rings (SSSR count). The van der Waals surface area contributed by atoms with Crippen LogP contribution in [0.25, 0.3) is 5.69 Å². The predicted molar refractivity (Wildman–Crippen MR) is 74.8 cm³/mol. The summed E-state index contributed by atoms with van der Waals surface area (Å²) in [4.78, 5) is 25.1. The molecule has 2 aliphatic rings. The summed E-state index contributed by atoms with van der Waals surface area (Å²) < 4.78 is 1.75. The summed E-state index contributed by atoms with van der Waals surface area (Å²) in [5, 5.41) is 8.29. The zero-order valence-corrected chi connectivity index (χ0v) is 12.0. The van der Waals surface area contributed by atoms with E-state index in [1.165, 1.54) is 7.05 Å². The molecule has 1 aliphatic heterocycles. The monoisotopic (exact) mass is 302 g/mol. The lowest BCUT2D eigenvalue weighted by atomic mass is 10.1. The highest BCUT2D eigenvalue weighted by Gasteiger charge is 2.34. The Balaban J connectivity index is 1.87. The predicted octanol–water partition coefficient (Wildman–Crippen LogP) is 2.02. The van der Waals surface area contributed by atoms with E-state index in [9.17, 15) is 9.59 Å². The highest BCUT2D eigenvalue weighted by Crippen LogP contribution is 2.41. The molecule has 1 saturated carbocycles. The van der Waals surface area contributed by atoms with Gasteiger partial charge in [0.15, 0.2) is 0 Å². The van der Waals surface area contributed by atoms with Gasteiger partial charge in [-0.25, -0.2) is 0 Å². The second-order valence-corrected chi connectivity index (χ2v) is 5.67. The Morgan fingerprint density at radius 2 is 1.86 bits per heavy atom. The highest BCUT2D eigenvalue weighted by molar-refractivity contribution is 6.28. The van der Waals surface area contributed by atoms with Crippen LogP contribution in [0.1, 0.15) is 45.3 Å². The van der Waals surface area contributed by atoms with Crippen LogP contribution in [0.15, 0.2) is 18.2 Å². The molecule has 1 fully saturated rings. The minimum absolute atomic E-state index is 0.266. The van der Waals surface area contributed by atoms with Crippen molar-refractivity contribution in [2.45, 2.75) is 18.8 Å². The summed E-state index contributed by atoms with van der Waals surface area (Å²) in [6.07, 6.45) is 2.14. The van der Waals surface area contributed by atoms with Crippen molar-refractivity contribution in [3.63, 3.8) is 0 Å². The van der Waals surface area contributed by atoms with Gasteiger partial charge in [-0.3, -0.25) is 19.1 Å². The van der Waals surface area contributed by atoms with Crippen LogP contribution in [-0.4, -0.2) is 38.5 Å². The summed E-state index contributed by atoms with van der Waals surface area (Å²) >= 11 is 6.12. The van der Waals surface area contributed by atoms with Crippen LogP contribution in [0.2, 0.25) is 5.28 Å². The van der Waals surface area contributed by atoms with E-state index in [-0.39, 0.29) is 17.1 Å². The lowest BCUT2D eigenvalue weighted by Crippen LogP contribution is -2.24. The number of imide groups is 1. The molecule has 0 N–H and O–H groups in total. The van der Waals surface area contributed by atoms with Gasteiger partial charge in [-0.2, -0.15) is 0 Å². The maximum absolute atomic E-state index is 12.1. The molecule has 7 heteroatoms. The number of carbonyl (C=O) groups excluding carboxylic acids is 2. The van der Waals surface area contributed by atoms with E-state index in [1.807, 2.05) is 0 Å². The van der Waals surface area contributed by atoms with Crippen LogP contribution in [0.3, 0.4) is 0 Å². The second-order valence-electron chi connectivity index (χ2n) is 5.34. The Hall–Kier alpha value is -2.21. The minimum atomic E-state index is -0.297. The number of nitrogens with zero attached hydrogens (tertiary/aromatic N) is 4. The van der Waals surface area contributed by atoms with Crippen molar-refractivity contribution in [2.24, 2.45) is 0 Å². The van der Waals surface area contributed by atoms with Gasteiger partial charge >= 0.3 is 0 Å². The normalized spacial score (nSPS) is 17.5. The number of amides is 2. The molecule has 21 heavy (non-hydrogen) atoms. The third-order valence-corrected chi connectivity index (χ3v) is 4.17. The molecule has 6 nitrogen and oxygen atoms in total. The SMILES string of the molecule is CN1C(=O)c2ccc(-n3c(Cl)nnc3C3CC3)cc2C1=O. The van der Waals surface area contributed by atoms with Gasteiger partial charge in [-0.05, 0) is 42.6 Å². The quantitative estimate of drug-likeness (QED) is 0.796. The van der Waals surface area contributed by atoms with Crippen molar-refractivity contribution in [1.82, 2.24) is 19.7 Å². The molecule has 1 aromatic carbocycles. The zero-order valence-electron chi connectivity index (χ0n) is 11.2. The van der Waals surface area contributed by atoms with Gasteiger partial charge in [0.25, 0.3) is 11.8 Å². The first-order valence-electron chi connectivity index (χ1n) is 6.65. The zero-order chi connectivity index (χ0) is 14.7. The molecule has 1 aliphatic carbocycles. The number of hydrogen-bond donors (Lipinski definition) is 0. The Labute approximate surface area is 125 Å². The summed E-state index contributed by atoms with van der Waals surface area (Å²) in [5.41, 5.74) is 1.53. The molecule has 0 saturated heterocycles. The van der Waals surface area contributed by atoms with Crippen LogP contribution in [0.5, 0.6) is 0 Å². The van der Waals surface area contributed by atoms with Gasteiger partial charge < -0.3 is 0 Å². The first-order valence-corrected chi connectivity index (χ1v) is 7.03. The van der Waals surface area contributed by atoms with Gasteiger partial charge in [0, 0.05) is 13.0 Å². The van der Waals surface area contributed by atoms with Crippen molar-refractivity contribution in [1.29, 1.82) is 0 Å². The number of fused-ring (bicyclic) bond motifs is 1. The van der Waals surface area contributed by atoms with E-state index in [0.717, 1.165) is 23.6 Å². The molecular weight excluding hydrogens is 292 g/mol. The van der Waals surface area contributed by atoms with Crippen molar-refractivity contribution in [3.8, 4) is 5.69 Å². The van der Waals surface area contributed by atoms with E-state index < -0.39 is 0 Å². The lowest BCUT2D eigenvalue weighted by molar-refractivity contribution is 0.0693. The fraction of sp³-hybridized carbons (Fsp3) is 0.286. The van der Waals surface area contributed by atoms with Crippen molar-refractivity contribution in [2.75, 3.05) is 7.05 Å². The maximum Gasteiger partial charge on any atom is 0.261 e. The Kier molecular flexibility index (Phi) is 2.47. The molecule has 0 unspecified atom stereocenters. The smallest absolute Gasteiger partial charge is 0.261 e. The minimum Gasteiger partial charge on any atom is -0.277 e. The van der Waals surface area contributed by atoms with E-state index >= 15 is 0 Å². The average molecular weight is 303 g/mol. The standard InChI is InChI=1S/C14H11ClN4O2/c1-18-12(20)9-5-4-8(6-10(9)13(18)21)19-11(7-2-3-7)16-17-14(19)15/h4-7H,2-3H2,1H3. The molecule has 106 valence electrons. The van der Waals surface area contributed by atoms with E-state index in [4.69, 9.17) is 11.6 Å². The summed E-state index contributed by atoms with van der Waals surface area (Å²) in [6.45, 7) is 0. The second kappa shape index (κ2) is 4.14. The fourth-order valence-corrected chi connectivity index (χ4v) is 2.83. The number of rotatable bonds is 2. The van der Waals surface area contributed by atoms with Crippen molar-refractivity contribution < 1.29 is 9.59 Å². The third kappa shape index (κ3) is 1.72. The first-order chi connectivity index (χ1) is 10.1. The molecule has 0 spiro atoms. The Bertz CT molecular complexity index is 794. The molecule has 0 atom stereocenters. The number of aromatic nitrogens is 3. The van der Waals surface area contributed by atoms with Crippen molar-refractivity contribution >= 4 is 23.4 Å². The third-order valence-electron chi connectivity index (χ3n) is 3.92. The van der Waals surface area contributed by atoms with Crippen LogP contribution < -0.4 is 0 Å². The highest BCUT2D eigenvalue weighted by atomic mass is 35.5. The number of hydrogen-bond acceptors (Lipinski definition) is 4. The number of carbonyl (C=O) groups is 2. The Morgan fingerprint density at radius 3 is 2.57 bits per heavy atom. The molecule has 2 amide bonds. The van der Waals surface area contributed by atoms with Crippen LogP contribution in [-0.2, 0) is 0 Å². The topological polar surface area (TPSA) is 68.1 Å². The van der Waals surface area contributed by atoms with Gasteiger partial charge in [0.2, 0.25) is 5.28 Å². The largest absolute Gasteiger partial charge is 0.277 e. The summed E-state index contributed by atoms with van der Waals surface area (Å²) in [5.74, 6) is 0.608. The van der Waals surface area contributed by atoms with Crippen LogP contribution >= 0.6 is 11.6 Å². The van der Waals surface area contributed by atoms with Gasteiger partial charge in [-0.1, -0.05) is 0 Å². The van der Waals surface area contributed by atoms with E-state index in [1.54, 1.807) is 22.8 Å². The molecule has 0 radical (unpaired) electrons.